The lowest BCUT2D eigenvalue weighted by atomic mass is 9.96. The summed E-state index contributed by atoms with van der Waals surface area (Å²) in [6.07, 6.45) is 17.4. The molecule has 0 aromatic heterocycles. The Morgan fingerprint density at radius 3 is 2.24 bits per heavy atom. The fraction of sp³-hybridized carbons (Fsp3) is 0.458. The van der Waals surface area contributed by atoms with Gasteiger partial charge >= 0.3 is 0 Å². The van der Waals surface area contributed by atoms with Crippen molar-refractivity contribution in [3.8, 4) is 12.3 Å². The average Bonchev–Trinajstić information content (AvgIpc) is 2.62. The number of carbonyl (C=O) groups excluding carboxylic acids is 1. The first-order valence-electron chi connectivity index (χ1n) is 9.49. The molecule has 0 atom stereocenters. The van der Waals surface area contributed by atoms with Crippen molar-refractivity contribution in [3.63, 3.8) is 0 Å². The third kappa shape index (κ3) is 9.11. The molecule has 0 spiro atoms. The van der Waals surface area contributed by atoms with Crippen LogP contribution in [0.3, 0.4) is 0 Å². The highest BCUT2D eigenvalue weighted by molar-refractivity contribution is 6.07. The van der Waals surface area contributed by atoms with E-state index in [0.29, 0.717) is 11.1 Å². The molecule has 0 N–H and O–H groups in total. The Morgan fingerprint density at radius 2 is 1.76 bits per heavy atom. The molecule has 1 nitrogen and oxygen atoms in total. The Balaban J connectivity index is 0.00000101. The number of allylic oxidation sites excluding steroid dienone is 2. The van der Waals surface area contributed by atoms with Crippen LogP contribution in [0.5, 0.6) is 0 Å². The maximum absolute atomic E-state index is 12.3. The first kappa shape index (κ1) is 22.9. The van der Waals surface area contributed by atoms with Gasteiger partial charge in [0.2, 0.25) is 0 Å². The summed E-state index contributed by atoms with van der Waals surface area (Å²) in [6, 6.07) is 5.44. The van der Waals surface area contributed by atoms with Crippen LogP contribution in [0, 0.1) is 12.3 Å². The summed E-state index contributed by atoms with van der Waals surface area (Å²) in [7, 11) is 0. The van der Waals surface area contributed by atoms with Crippen LogP contribution in [0.1, 0.15) is 94.1 Å². The smallest absolute Gasteiger partial charge is 0.186 e. The van der Waals surface area contributed by atoms with Crippen molar-refractivity contribution in [2.24, 2.45) is 0 Å². The molecule has 1 aromatic carbocycles. The van der Waals surface area contributed by atoms with Crippen LogP contribution in [0.25, 0.3) is 6.08 Å². The molecule has 0 unspecified atom stereocenters. The Bertz CT molecular complexity index is 597. The van der Waals surface area contributed by atoms with E-state index in [0.717, 1.165) is 24.0 Å². The minimum atomic E-state index is 0.00555. The summed E-state index contributed by atoms with van der Waals surface area (Å²) in [5, 5.41) is 0. The molecule has 1 aromatic rings. The molecule has 25 heavy (non-hydrogen) atoms. The number of hydrogen-bond donors (Lipinski definition) is 0. The molecule has 0 saturated heterocycles. The zero-order chi connectivity index (χ0) is 19.1. The van der Waals surface area contributed by atoms with Gasteiger partial charge in [0.25, 0.3) is 0 Å². The van der Waals surface area contributed by atoms with E-state index in [-0.39, 0.29) is 5.78 Å². The molecule has 0 radical (unpaired) electrons. The minimum absolute atomic E-state index is 0.00555. The standard InChI is InChI=1S/C19H22O.C5H12/c1-5-8-9-11-15(4)14-19(20)18-13-10-12-16(6-2)17(18)7-3;1-3-5-4-2/h2,7,10,12-14H,3,5,8-9,11H2,1,4H3;3-5H2,1-2H3/b15-14+;. The van der Waals surface area contributed by atoms with Crippen molar-refractivity contribution in [3.05, 3.63) is 53.1 Å². The van der Waals surface area contributed by atoms with E-state index < -0.39 is 0 Å². The fourth-order valence-corrected chi connectivity index (χ4v) is 2.51. The second kappa shape index (κ2) is 14.3. The summed E-state index contributed by atoms with van der Waals surface area (Å²) in [6.45, 7) is 12.4. The quantitative estimate of drug-likeness (QED) is 0.201. The molecule has 1 heteroatoms. The highest BCUT2D eigenvalue weighted by atomic mass is 16.1. The molecule has 136 valence electrons. The molecular formula is C24H34O. The number of hydrogen-bond acceptors (Lipinski definition) is 1. The number of benzene rings is 1. The number of rotatable bonds is 9. The molecule has 1 rings (SSSR count). The number of ketones is 1. The Hall–Kier alpha value is -2.07. The highest BCUT2D eigenvalue weighted by Crippen LogP contribution is 2.18. The Morgan fingerprint density at radius 1 is 1.12 bits per heavy atom. The maximum atomic E-state index is 12.3. The van der Waals surface area contributed by atoms with Crippen LogP contribution >= 0.6 is 0 Å². The van der Waals surface area contributed by atoms with Gasteiger partial charge < -0.3 is 0 Å². The molecule has 0 aliphatic carbocycles. The van der Waals surface area contributed by atoms with E-state index in [1.54, 1.807) is 18.2 Å². The lowest BCUT2D eigenvalue weighted by molar-refractivity contribution is 0.104. The van der Waals surface area contributed by atoms with Crippen LogP contribution in [0.2, 0.25) is 0 Å². The zero-order valence-corrected chi connectivity index (χ0v) is 16.5. The third-order valence-corrected chi connectivity index (χ3v) is 3.99. The molecule has 0 saturated carbocycles. The topological polar surface area (TPSA) is 17.1 Å². The normalized spacial score (nSPS) is 10.4. The third-order valence-electron chi connectivity index (χ3n) is 3.99. The van der Waals surface area contributed by atoms with Crippen LogP contribution in [0.4, 0.5) is 0 Å². The van der Waals surface area contributed by atoms with Crippen molar-refractivity contribution >= 4 is 11.9 Å². The molecule has 0 aliphatic rings. The van der Waals surface area contributed by atoms with Crippen molar-refractivity contribution in [2.75, 3.05) is 0 Å². The van der Waals surface area contributed by atoms with Gasteiger partial charge in [-0.15, -0.1) is 6.42 Å². The number of carbonyl (C=O) groups is 1. The van der Waals surface area contributed by atoms with Gasteiger partial charge in [-0.2, -0.15) is 0 Å². The van der Waals surface area contributed by atoms with Gasteiger partial charge in [-0.3, -0.25) is 4.79 Å². The van der Waals surface area contributed by atoms with Crippen LogP contribution < -0.4 is 0 Å². The van der Waals surface area contributed by atoms with Crippen LogP contribution in [0.15, 0.2) is 36.4 Å². The predicted molar refractivity (Wildman–Crippen MR) is 112 cm³/mol. The molecule has 0 fully saturated rings. The summed E-state index contributed by atoms with van der Waals surface area (Å²) in [4.78, 5) is 12.3. The van der Waals surface area contributed by atoms with Gasteiger partial charge in [0.1, 0.15) is 0 Å². The second-order valence-electron chi connectivity index (χ2n) is 6.28. The van der Waals surface area contributed by atoms with E-state index in [4.69, 9.17) is 6.42 Å². The fourth-order valence-electron chi connectivity index (χ4n) is 2.51. The zero-order valence-electron chi connectivity index (χ0n) is 16.5. The van der Waals surface area contributed by atoms with Gasteiger partial charge in [0, 0.05) is 16.7 Å². The van der Waals surface area contributed by atoms with E-state index in [2.05, 4.69) is 33.3 Å². The van der Waals surface area contributed by atoms with E-state index in [9.17, 15) is 4.79 Å². The van der Waals surface area contributed by atoms with Gasteiger partial charge in [-0.25, -0.2) is 0 Å². The maximum Gasteiger partial charge on any atom is 0.186 e. The van der Waals surface area contributed by atoms with E-state index in [1.807, 2.05) is 19.1 Å². The summed E-state index contributed by atoms with van der Waals surface area (Å²) in [5.74, 6) is 2.60. The predicted octanol–water partition coefficient (Wildman–Crippen LogP) is 7.22. The first-order valence-corrected chi connectivity index (χ1v) is 9.49. The summed E-state index contributed by atoms with van der Waals surface area (Å²) >= 11 is 0. The van der Waals surface area contributed by atoms with E-state index >= 15 is 0 Å². The number of unbranched alkanes of at least 4 members (excludes halogenated alkanes) is 4. The summed E-state index contributed by atoms with van der Waals surface area (Å²) < 4.78 is 0. The molecule has 0 amide bonds. The minimum Gasteiger partial charge on any atom is -0.289 e. The van der Waals surface area contributed by atoms with Gasteiger partial charge in [0.05, 0.1) is 0 Å². The van der Waals surface area contributed by atoms with E-state index in [1.165, 1.54) is 32.1 Å². The summed E-state index contributed by atoms with van der Waals surface area (Å²) in [5.41, 5.74) is 3.20. The Labute approximate surface area is 155 Å². The second-order valence-corrected chi connectivity index (χ2v) is 6.28. The molecule has 0 bridgehead atoms. The average molecular weight is 339 g/mol. The lowest BCUT2D eigenvalue weighted by Gasteiger charge is -2.06. The van der Waals surface area contributed by atoms with Crippen LogP contribution in [-0.4, -0.2) is 5.78 Å². The largest absolute Gasteiger partial charge is 0.289 e. The van der Waals surface area contributed by atoms with Crippen LogP contribution in [-0.2, 0) is 0 Å². The van der Waals surface area contributed by atoms with Crippen molar-refractivity contribution < 1.29 is 4.79 Å². The van der Waals surface area contributed by atoms with Gasteiger partial charge in [-0.1, -0.05) is 89.2 Å². The van der Waals surface area contributed by atoms with Gasteiger partial charge in [-0.05, 0) is 31.9 Å². The lowest BCUT2D eigenvalue weighted by Crippen LogP contribution is -2.01. The SMILES string of the molecule is C#Cc1cccc(C(=O)/C=C(\C)CCCCC)c1C=C.CCCCC. The number of terminal acetylenes is 1. The molecule has 0 heterocycles. The first-order chi connectivity index (χ1) is 12.0. The Kier molecular flexibility index (Phi) is 13.1. The highest BCUT2D eigenvalue weighted by Gasteiger charge is 2.10. The van der Waals surface area contributed by atoms with Gasteiger partial charge in [0.15, 0.2) is 5.78 Å². The monoisotopic (exact) mass is 338 g/mol. The molecule has 0 aliphatic heterocycles. The molecular weight excluding hydrogens is 304 g/mol. The van der Waals surface area contributed by atoms with Crippen molar-refractivity contribution in [2.45, 2.75) is 72.6 Å². The van der Waals surface area contributed by atoms with Crippen molar-refractivity contribution in [1.82, 2.24) is 0 Å². The van der Waals surface area contributed by atoms with Crippen molar-refractivity contribution in [1.29, 1.82) is 0 Å².